The lowest BCUT2D eigenvalue weighted by atomic mass is 10.1. The summed E-state index contributed by atoms with van der Waals surface area (Å²) in [4.78, 5) is 4.36. The molecule has 148 valence electrons. The second-order valence-electron chi connectivity index (χ2n) is 6.44. The fraction of sp³-hybridized carbons (Fsp3) is 0.667. The topological polar surface area (TPSA) is 30.8 Å². The molecule has 0 fully saturated rings. The van der Waals surface area contributed by atoms with Crippen LogP contribution in [0.2, 0.25) is 10.0 Å². The van der Waals surface area contributed by atoms with Gasteiger partial charge in [0.2, 0.25) is 0 Å². The van der Waals surface area contributed by atoms with Gasteiger partial charge in [0.25, 0.3) is 0 Å². The van der Waals surface area contributed by atoms with E-state index in [9.17, 15) is 0 Å². The van der Waals surface area contributed by atoms with E-state index in [-0.39, 0.29) is 0 Å². The van der Waals surface area contributed by atoms with E-state index in [1.807, 2.05) is 6.92 Å². The molecule has 0 atom stereocenters. The van der Waals surface area contributed by atoms with Crippen LogP contribution in [0.4, 0.5) is 5.69 Å². The molecule has 0 heterocycles. The Morgan fingerprint density at radius 3 is 2.00 bits per heavy atom. The zero-order chi connectivity index (χ0) is 19.0. The summed E-state index contributed by atoms with van der Waals surface area (Å²) in [7, 11) is 0. The van der Waals surface area contributed by atoms with Gasteiger partial charge in [-0.2, -0.15) is 4.99 Å². The van der Waals surface area contributed by atoms with Crippen LogP contribution >= 0.6 is 23.2 Å². The first-order valence-corrected chi connectivity index (χ1v) is 10.7. The summed E-state index contributed by atoms with van der Waals surface area (Å²) in [6.07, 6.45) is 13.3. The van der Waals surface area contributed by atoms with Crippen molar-refractivity contribution in [1.82, 2.24) is 0 Å². The van der Waals surface area contributed by atoms with Crippen LogP contribution in [0, 0.1) is 0 Å². The van der Waals surface area contributed by atoms with Gasteiger partial charge in [-0.1, -0.05) is 87.9 Å². The molecule has 26 heavy (non-hydrogen) atoms. The first kappa shape index (κ1) is 23.1. The maximum absolute atomic E-state index is 6.01. The fourth-order valence-electron chi connectivity index (χ4n) is 2.64. The molecule has 0 bridgehead atoms. The van der Waals surface area contributed by atoms with Gasteiger partial charge in [-0.15, -0.1) is 0 Å². The molecule has 1 aromatic rings. The largest absolute Gasteiger partial charge is 0.451 e. The maximum atomic E-state index is 6.01. The molecule has 5 heteroatoms. The van der Waals surface area contributed by atoms with Gasteiger partial charge in [-0.3, -0.25) is 0 Å². The minimum atomic E-state index is 0.293. The number of unbranched alkanes of at least 4 members (excludes halogenated alkanes) is 9. The Morgan fingerprint density at radius 1 is 0.808 bits per heavy atom. The fourth-order valence-corrected chi connectivity index (χ4v) is 2.93. The molecular formula is C21H33Cl2NO2. The highest BCUT2D eigenvalue weighted by Crippen LogP contribution is 2.26. The Bertz CT molecular complexity index is 521. The Balaban J connectivity index is 2.19. The van der Waals surface area contributed by atoms with Crippen LogP contribution in [-0.4, -0.2) is 19.3 Å². The van der Waals surface area contributed by atoms with Crippen molar-refractivity contribution in [3.05, 3.63) is 28.2 Å². The van der Waals surface area contributed by atoms with Gasteiger partial charge in [0.15, 0.2) is 0 Å². The maximum Gasteiger partial charge on any atom is 0.388 e. The van der Waals surface area contributed by atoms with E-state index in [0.29, 0.717) is 35.0 Å². The molecule has 1 rings (SSSR count). The second kappa shape index (κ2) is 15.2. The molecule has 3 nitrogen and oxygen atoms in total. The number of rotatable bonds is 13. The quantitative estimate of drug-likeness (QED) is 0.190. The average Bonchev–Trinajstić information content (AvgIpc) is 2.63. The lowest BCUT2D eigenvalue weighted by Gasteiger charge is -2.09. The number of aliphatic imine (C=N–C) groups is 1. The smallest absolute Gasteiger partial charge is 0.388 e. The van der Waals surface area contributed by atoms with Gasteiger partial charge in [-0.25, -0.2) is 0 Å². The second-order valence-corrected chi connectivity index (χ2v) is 7.25. The number of nitrogens with zero attached hydrogens (tertiary/aromatic N) is 1. The van der Waals surface area contributed by atoms with Gasteiger partial charge in [0, 0.05) is 0 Å². The van der Waals surface area contributed by atoms with Gasteiger partial charge >= 0.3 is 6.08 Å². The van der Waals surface area contributed by atoms with Crippen molar-refractivity contribution in [2.75, 3.05) is 13.2 Å². The molecule has 0 radical (unpaired) electrons. The van der Waals surface area contributed by atoms with Crippen LogP contribution in [0.1, 0.15) is 78.1 Å². The number of benzene rings is 1. The zero-order valence-corrected chi connectivity index (χ0v) is 17.7. The molecule has 0 aliphatic heterocycles. The van der Waals surface area contributed by atoms with Gasteiger partial charge < -0.3 is 9.47 Å². The molecule has 0 aliphatic carbocycles. The predicted molar refractivity (Wildman–Crippen MR) is 113 cm³/mol. The van der Waals surface area contributed by atoms with Crippen LogP contribution in [0.3, 0.4) is 0 Å². The van der Waals surface area contributed by atoms with Crippen molar-refractivity contribution in [1.29, 1.82) is 0 Å². The summed E-state index contributed by atoms with van der Waals surface area (Å²) in [5, 5.41) is 0.980. The normalized spacial score (nSPS) is 11.6. The van der Waals surface area contributed by atoms with Crippen molar-refractivity contribution >= 4 is 35.0 Å². The van der Waals surface area contributed by atoms with E-state index >= 15 is 0 Å². The third-order valence-electron chi connectivity index (χ3n) is 4.11. The van der Waals surface area contributed by atoms with Gasteiger partial charge in [0.1, 0.15) is 0 Å². The molecule has 0 aliphatic rings. The molecule has 0 saturated heterocycles. The van der Waals surface area contributed by atoms with E-state index < -0.39 is 0 Å². The SMILES string of the molecule is CCCCCCCCCCCCOC(=Nc1ccc(Cl)c(Cl)c1)OCC. The minimum Gasteiger partial charge on any atom is -0.451 e. The van der Waals surface area contributed by atoms with E-state index in [2.05, 4.69) is 11.9 Å². The minimum absolute atomic E-state index is 0.293. The Kier molecular flexibility index (Phi) is 13.5. The highest BCUT2D eigenvalue weighted by Gasteiger charge is 2.04. The molecule has 0 spiro atoms. The molecule has 1 aromatic carbocycles. The van der Waals surface area contributed by atoms with E-state index in [4.69, 9.17) is 32.7 Å². The van der Waals surface area contributed by atoms with E-state index in [0.717, 1.165) is 6.42 Å². The molecule has 0 aromatic heterocycles. The summed E-state index contributed by atoms with van der Waals surface area (Å²) in [6, 6.07) is 5.21. The van der Waals surface area contributed by atoms with Crippen molar-refractivity contribution < 1.29 is 9.47 Å². The van der Waals surface area contributed by atoms with Crippen molar-refractivity contribution in [2.24, 2.45) is 4.99 Å². The summed E-state index contributed by atoms with van der Waals surface area (Å²) in [6.45, 7) is 5.30. The Labute approximate surface area is 169 Å². The van der Waals surface area contributed by atoms with Crippen LogP contribution in [0.15, 0.2) is 23.2 Å². The van der Waals surface area contributed by atoms with Gasteiger partial charge in [-0.05, 0) is 31.5 Å². The average molecular weight is 402 g/mol. The summed E-state index contributed by atoms with van der Waals surface area (Å²) < 4.78 is 11.1. The predicted octanol–water partition coefficient (Wildman–Crippen LogP) is 7.95. The summed E-state index contributed by atoms with van der Waals surface area (Å²) in [5.74, 6) is 0. The molecule has 0 N–H and O–H groups in total. The summed E-state index contributed by atoms with van der Waals surface area (Å²) >= 11 is 11.9. The highest BCUT2D eigenvalue weighted by molar-refractivity contribution is 6.42. The third kappa shape index (κ3) is 10.9. The monoisotopic (exact) mass is 401 g/mol. The number of ether oxygens (including phenoxy) is 2. The lowest BCUT2D eigenvalue weighted by Crippen LogP contribution is -2.10. The van der Waals surface area contributed by atoms with Gasteiger partial charge in [0.05, 0.1) is 28.9 Å². The lowest BCUT2D eigenvalue weighted by molar-refractivity contribution is 0.170. The summed E-state index contributed by atoms with van der Waals surface area (Å²) in [5.41, 5.74) is 0.672. The van der Waals surface area contributed by atoms with Crippen LogP contribution in [0.25, 0.3) is 0 Å². The van der Waals surface area contributed by atoms with Crippen LogP contribution in [0.5, 0.6) is 0 Å². The first-order chi connectivity index (χ1) is 12.7. The number of halogens is 2. The van der Waals surface area contributed by atoms with Crippen LogP contribution < -0.4 is 0 Å². The number of hydrogen-bond donors (Lipinski definition) is 0. The Morgan fingerprint density at radius 2 is 1.42 bits per heavy atom. The zero-order valence-electron chi connectivity index (χ0n) is 16.2. The standard InChI is InChI=1S/C21H33Cl2NO2/c1-3-5-6-7-8-9-10-11-12-13-16-26-21(25-4-2)24-18-14-15-19(22)20(23)17-18/h14-15,17H,3-13,16H2,1-2H3. The molecule has 0 amide bonds. The Hall–Kier alpha value is -0.930. The van der Waals surface area contributed by atoms with Crippen molar-refractivity contribution in [2.45, 2.75) is 78.1 Å². The van der Waals surface area contributed by atoms with E-state index in [1.165, 1.54) is 57.8 Å². The first-order valence-electron chi connectivity index (χ1n) is 9.96. The van der Waals surface area contributed by atoms with E-state index in [1.54, 1.807) is 18.2 Å². The molecule has 0 unspecified atom stereocenters. The molecule has 0 saturated carbocycles. The third-order valence-corrected chi connectivity index (χ3v) is 4.85. The van der Waals surface area contributed by atoms with Crippen molar-refractivity contribution in [3.8, 4) is 0 Å². The van der Waals surface area contributed by atoms with Crippen LogP contribution in [-0.2, 0) is 9.47 Å². The van der Waals surface area contributed by atoms with Crippen molar-refractivity contribution in [3.63, 3.8) is 0 Å². The number of hydrogen-bond acceptors (Lipinski definition) is 3. The molecular weight excluding hydrogens is 369 g/mol. The highest BCUT2D eigenvalue weighted by atomic mass is 35.5.